The Labute approximate surface area is 98.5 Å². The second kappa shape index (κ2) is 8.35. The first kappa shape index (κ1) is 15.2. The Balaban J connectivity index is 3.66. The number of methoxy groups -OCH3 is 1. The molecule has 0 saturated heterocycles. The molecule has 0 aromatic rings. The van der Waals surface area contributed by atoms with E-state index < -0.39 is 0 Å². The van der Waals surface area contributed by atoms with Gasteiger partial charge in [0.2, 0.25) is 0 Å². The number of carbonyl (C=O) groups is 1. The van der Waals surface area contributed by atoms with Crippen molar-refractivity contribution in [2.24, 2.45) is 5.92 Å². The molecule has 5 heteroatoms. The molecule has 0 heterocycles. The number of hydrogen-bond donors (Lipinski definition) is 2. The van der Waals surface area contributed by atoms with Crippen molar-refractivity contribution in [2.45, 2.75) is 19.9 Å². The molecule has 0 aromatic carbocycles. The monoisotopic (exact) mass is 231 g/mol. The van der Waals surface area contributed by atoms with Crippen LogP contribution in [0.5, 0.6) is 0 Å². The fraction of sp³-hybridized carbons (Fsp3) is 0.909. The van der Waals surface area contributed by atoms with E-state index in [0.29, 0.717) is 25.1 Å². The van der Waals surface area contributed by atoms with Crippen LogP contribution in [0, 0.1) is 5.92 Å². The quantitative estimate of drug-likeness (QED) is 0.628. The minimum absolute atomic E-state index is 0.0605. The zero-order valence-corrected chi connectivity index (χ0v) is 11.0. The molecular formula is C11H25N3O2. The molecule has 96 valence electrons. The van der Waals surface area contributed by atoms with Gasteiger partial charge in [0.1, 0.15) is 0 Å². The van der Waals surface area contributed by atoms with Crippen LogP contribution < -0.4 is 10.6 Å². The van der Waals surface area contributed by atoms with E-state index in [4.69, 9.17) is 4.74 Å². The minimum Gasteiger partial charge on any atom is -0.383 e. The maximum absolute atomic E-state index is 11.2. The Kier molecular flexibility index (Phi) is 7.93. The second-order valence-electron chi connectivity index (χ2n) is 4.39. The molecule has 5 nitrogen and oxygen atoms in total. The number of urea groups is 1. The van der Waals surface area contributed by atoms with Gasteiger partial charge in [0.05, 0.1) is 6.61 Å². The van der Waals surface area contributed by atoms with Gasteiger partial charge in [-0.2, -0.15) is 0 Å². The van der Waals surface area contributed by atoms with Gasteiger partial charge >= 0.3 is 6.03 Å². The van der Waals surface area contributed by atoms with E-state index >= 15 is 0 Å². The SMILES string of the molecule is COCC(NCCNC(=O)N(C)C)C(C)C. The predicted octanol–water partition coefficient (Wildman–Crippen LogP) is 0.518. The lowest BCUT2D eigenvalue weighted by atomic mass is 10.1. The first-order chi connectivity index (χ1) is 7.49. The topological polar surface area (TPSA) is 53.6 Å². The van der Waals surface area contributed by atoms with Crippen molar-refractivity contribution in [1.29, 1.82) is 0 Å². The molecule has 0 fully saturated rings. The molecule has 0 spiro atoms. The summed E-state index contributed by atoms with van der Waals surface area (Å²) in [6, 6.07) is 0.274. The molecular weight excluding hydrogens is 206 g/mol. The molecule has 2 N–H and O–H groups in total. The Hall–Kier alpha value is -0.810. The fourth-order valence-corrected chi connectivity index (χ4v) is 1.25. The third kappa shape index (κ3) is 6.63. The van der Waals surface area contributed by atoms with Crippen LogP contribution in [-0.4, -0.2) is 57.9 Å². The molecule has 1 atom stereocenters. The molecule has 0 radical (unpaired) electrons. The van der Waals surface area contributed by atoms with E-state index in [1.807, 2.05) is 0 Å². The van der Waals surface area contributed by atoms with Crippen LogP contribution in [0.1, 0.15) is 13.8 Å². The standard InChI is InChI=1S/C11H25N3O2/c1-9(2)10(8-16-5)12-6-7-13-11(15)14(3)4/h9-10,12H,6-8H2,1-5H3,(H,13,15). The summed E-state index contributed by atoms with van der Waals surface area (Å²) in [4.78, 5) is 12.7. The molecule has 0 aliphatic rings. The molecule has 1 unspecified atom stereocenters. The molecule has 0 aliphatic carbocycles. The Morgan fingerprint density at radius 1 is 1.31 bits per heavy atom. The second-order valence-corrected chi connectivity index (χ2v) is 4.39. The Morgan fingerprint density at radius 3 is 2.38 bits per heavy atom. The van der Waals surface area contributed by atoms with Crippen LogP contribution in [0.25, 0.3) is 0 Å². The molecule has 0 aromatic heterocycles. The molecule has 0 rings (SSSR count). The lowest BCUT2D eigenvalue weighted by molar-refractivity contribution is 0.147. The van der Waals surface area contributed by atoms with Crippen molar-refractivity contribution in [3.8, 4) is 0 Å². The zero-order chi connectivity index (χ0) is 12.6. The van der Waals surface area contributed by atoms with E-state index in [1.165, 1.54) is 4.90 Å². The summed E-state index contributed by atoms with van der Waals surface area (Å²) in [5.41, 5.74) is 0. The highest BCUT2D eigenvalue weighted by Gasteiger charge is 2.11. The summed E-state index contributed by atoms with van der Waals surface area (Å²) >= 11 is 0. The van der Waals surface area contributed by atoms with Gasteiger partial charge in [-0.15, -0.1) is 0 Å². The van der Waals surface area contributed by atoms with E-state index in [0.717, 1.165) is 6.54 Å². The van der Waals surface area contributed by atoms with E-state index in [-0.39, 0.29) is 6.03 Å². The minimum atomic E-state index is -0.0605. The van der Waals surface area contributed by atoms with Gasteiger partial charge in [0.15, 0.2) is 0 Å². The maximum atomic E-state index is 11.2. The summed E-state index contributed by atoms with van der Waals surface area (Å²) < 4.78 is 5.12. The summed E-state index contributed by atoms with van der Waals surface area (Å²) in [7, 11) is 5.15. The Morgan fingerprint density at radius 2 is 1.94 bits per heavy atom. The van der Waals surface area contributed by atoms with Crippen LogP contribution in [-0.2, 0) is 4.74 Å². The van der Waals surface area contributed by atoms with Gasteiger partial charge in [-0.3, -0.25) is 0 Å². The number of amides is 2. The van der Waals surface area contributed by atoms with Crippen LogP contribution >= 0.6 is 0 Å². The van der Waals surface area contributed by atoms with Crippen molar-refractivity contribution >= 4 is 6.03 Å². The number of rotatable bonds is 7. The number of hydrogen-bond acceptors (Lipinski definition) is 3. The van der Waals surface area contributed by atoms with Crippen molar-refractivity contribution < 1.29 is 9.53 Å². The van der Waals surface area contributed by atoms with Crippen molar-refractivity contribution in [2.75, 3.05) is 40.9 Å². The van der Waals surface area contributed by atoms with E-state index in [1.54, 1.807) is 21.2 Å². The number of ether oxygens (including phenoxy) is 1. The third-order valence-corrected chi connectivity index (χ3v) is 2.36. The first-order valence-electron chi connectivity index (χ1n) is 5.66. The summed E-state index contributed by atoms with van der Waals surface area (Å²) in [6.45, 7) is 6.37. The lowest BCUT2D eigenvalue weighted by Gasteiger charge is -2.22. The predicted molar refractivity (Wildman–Crippen MR) is 65.6 cm³/mol. The van der Waals surface area contributed by atoms with Gasteiger partial charge in [0, 0.05) is 40.3 Å². The molecule has 0 saturated carbocycles. The molecule has 0 aliphatic heterocycles. The molecule has 16 heavy (non-hydrogen) atoms. The first-order valence-corrected chi connectivity index (χ1v) is 5.66. The summed E-state index contributed by atoms with van der Waals surface area (Å²) in [5.74, 6) is 0.518. The van der Waals surface area contributed by atoms with Gasteiger partial charge in [0.25, 0.3) is 0 Å². The highest BCUT2D eigenvalue weighted by molar-refractivity contribution is 5.73. The summed E-state index contributed by atoms with van der Waals surface area (Å²) in [5, 5.41) is 6.16. The van der Waals surface area contributed by atoms with E-state index in [2.05, 4.69) is 24.5 Å². The number of nitrogens with one attached hydrogen (secondary N) is 2. The zero-order valence-electron chi connectivity index (χ0n) is 11.0. The van der Waals surface area contributed by atoms with Crippen LogP contribution in [0.4, 0.5) is 4.79 Å². The average molecular weight is 231 g/mol. The lowest BCUT2D eigenvalue weighted by Crippen LogP contribution is -2.43. The van der Waals surface area contributed by atoms with Gasteiger partial charge in [-0.1, -0.05) is 13.8 Å². The number of nitrogens with zero attached hydrogens (tertiary/aromatic N) is 1. The smallest absolute Gasteiger partial charge is 0.316 e. The van der Waals surface area contributed by atoms with Crippen LogP contribution in [0.2, 0.25) is 0 Å². The third-order valence-electron chi connectivity index (χ3n) is 2.36. The highest BCUT2D eigenvalue weighted by atomic mass is 16.5. The maximum Gasteiger partial charge on any atom is 0.316 e. The fourth-order valence-electron chi connectivity index (χ4n) is 1.25. The van der Waals surface area contributed by atoms with Gasteiger partial charge in [-0.05, 0) is 5.92 Å². The van der Waals surface area contributed by atoms with Crippen LogP contribution in [0.15, 0.2) is 0 Å². The largest absolute Gasteiger partial charge is 0.383 e. The van der Waals surface area contributed by atoms with Crippen molar-refractivity contribution in [3.05, 3.63) is 0 Å². The highest BCUT2D eigenvalue weighted by Crippen LogP contribution is 2.00. The molecule has 0 bridgehead atoms. The normalized spacial score (nSPS) is 12.6. The summed E-state index contributed by atoms with van der Waals surface area (Å²) in [6.07, 6.45) is 0. The average Bonchev–Trinajstić information content (AvgIpc) is 2.21. The van der Waals surface area contributed by atoms with Crippen LogP contribution in [0.3, 0.4) is 0 Å². The van der Waals surface area contributed by atoms with E-state index in [9.17, 15) is 4.79 Å². The van der Waals surface area contributed by atoms with Gasteiger partial charge in [-0.25, -0.2) is 4.79 Å². The molecule has 2 amide bonds. The van der Waals surface area contributed by atoms with Gasteiger partial charge < -0.3 is 20.3 Å². The Bertz CT molecular complexity index is 196. The number of carbonyl (C=O) groups excluding carboxylic acids is 1. The van der Waals surface area contributed by atoms with Crippen molar-refractivity contribution in [3.63, 3.8) is 0 Å². The van der Waals surface area contributed by atoms with Crippen molar-refractivity contribution in [1.82, 2.24) is 15.5 Å².